The Bertz CT molecular complexity index is 1050. The van der Waals surface area contributed by atoms with Crippen LogP contribution in [0, 0.1) is 0 Å². The standard InChI is InChI=1S/C55H101NO5/c1-4-7-10-13-16-19-22-24-25-26-27-28-29-30-33-36-39-42-45-48-55(60)61-51(46-43-40-37-34-31-21-18-15-12-9-6-3)49-54(59)56-52(50-57)53(58)47-44-41-38-35-32-23-20-17-14-11-8-5-2/h9,12,15,18,21,31,34,37,51-53,57-58H,4-8,10-11,13-14,16-17,19-20,22-30,32-33,35-36,38-50H2,1-3H3,(H,56,59)/b12-9+,18-15+,31-21-,37-34-. The minimum atomic E-state index is -0.803. The first-order valence-electron chi connectivity index (χ1n) is 26.4. The van der Waals surface area contributed by atoms with E-state index >= 15 is 0 Å². The summed E-state index contributed by atoms with van der Waals surface area (Å²) >= 11 is 0. The molecule has 0 aromatic carbocycles. The van der Waals surface area contributed by atoms with Crippen molar-refractivity contribution in [2.45, 2.75) is 283 Å². The summed E-state index contributed by atoms with van der Waals surface area (Å²) < 4.78 is 5.90. The Balaban J connectivity index is 4.50. The zero-order valence-corrected chi connectivity index (χ0v) is 40.5. The van der Waals surface area contributed by atoms with Crippen molar-refractivity contribution in [3.05, 3.63) is 48.6 Å². The average molecular weight is 856 g/mol. The Morgan fingerprint density at radius 2 is 0.885 bits per heavy atom. The van der Waals surface area contributed by atoms with Crippen molar-refractivity contribution in [1.82, 2.24) is 5.32 Å². The summed E-state index contributed by atoms with van der Waals surface area (Å²) in [5, 5.41) is 23.7. The number of aliphatic hydroxyl groups excluding tert-OH is 2. The Hall–Kier alpha value is -2.18. The first kappa shape index (κ1) is 58.8. The Labute approximate surface area is 378 Å². The lowest BCUT2D eigenvalue weighted by molar-refractivity contribution is -0.151. The highest BCUT2D eigenvalue weighted by molar-refractivity contribution is 5.77. The molecule has 0 spiro atoms. The molecular formula is C55H101NO5. The predicted octanol–water partition coefficient (Wildman–Crippen LogP) is 15.8. The first-order chi connectivity index (χ1) is 30.0. The quantitative estimate of drug-likeness (QED) is 0.0322. The molecule has 6 nitrogen and oxygen atoms in total. The number of allylic oxidation sites excluding steroid dienone is 8. The van der Waals surface area contributed by atoms with Gasteiger partial charge in [0.25, 0.3) is 0 Å². The molecule has 1 amide bonds. The molecule has 0 aliphatic heterocycles. The minimum absolute atomic E-state index is 0.0342. The molecule has 3 unspecified atom stereocenters. The molecule has 3 atom stereocenters. The molecule has 0 aliphatic rings. The predicted molar refractivity (Wildman–Crippen MR) is 264 cm³/mol. The number of ether oxygens (including phenoxy) is 1. The summed E-state index contributed by atoms with van der Waals surface area (Å²) in [5.41, 5.74) is 0. The molecule has 0 saturated carbocycles. The van der Waals surface area contributed by atoms with Gasteiger partial charge in [-0.2, -0.15) is 0 Å². The van der Waals surface area contributed by atoms with Crippen LogP contribution in [0.2, 0.25) is 0 Å². The summed E-state index contributed by atoms with van der Waals surface area (Å²) in [6.07, 6.45) is 59.1. The molecule has 0 saturated heterocycles. The highest BCUT2D eigenvalue weighted by atomic mass is 16.5. The third-order valence-corrected chi connectivity index (χ3v) is 12.0. The van der Waals surface area contributed by atoms with Crippen molar-refractivity contribution in [3.63, 3.8) is 0 Å². The first-order valence-corrected chi connectivity index (χ1v) is 26.4. The van der Waals surface area contributed by atoms with Crippen LogP contribution >= 0.6 is 0 Å². The van der Waals surface area contributed by atoms with Crippen LogP contribution in [0.15, 0.2) is 48.6 Å². The van der Waals surface area contributed by atoms with Crippen LogP contribution in [-0.2, 0) is 14.3 Å². The van der Waals surface area contributed by atoms with Crippen LogP contribution in [0.1, 0.15) is 265 Å². The molecule has 0 rings (SSSR count). The van der Waals surface area contributed by atoms with Crippen molar-refractivity contribution >= 4 is 11.9 Å². The third-order valence-electron chi connectivity index (χ3n) is 12.0. The Morgan fingerprint density at radius 1 is 0.492 bits per heavy atom. The van der Waals surface area contributed by atoms with Crippen molar-refractivity contribution in [2.24, 2.45) is 0 Å². The van der Waals surface area contributed by atoms with Crippen molar-refractivity contribution in [1.29, 1.82) is 0 Å². The van der Waals surface area contributed by atoms with E-state index in [2.05, 4.69) is 38.2 Å². The third kappa shape index (κ3) is 44.2. The molecule has 6 heteroatoms. The lowest BCUT2D eigenvalue weighted by Gasteiger charge is -2.24. The SMILES string of the molecule is CC/C=C/C=C/C=C\C=C/CCCC(CC(=O)NC(CO)C(O)CCCCCCCCCCCCCC)OC(=O)CCCCCCCCCCCCCCCCCCCCC. The van der Waals surface area contributed by atoms with E-state index in [-0.39, 0.29) is 24.9 Å². The number of nitrogens with one attached hydrogen (secondary N) is 1. The smallest absolute Gasteiger partial charge is 0.306 e. The van der Waals surface area contributed by atoms with Gasteiger partial charge in [-0.15, -0.1) is 0 Å². The molecule has 0 bridgehead atoms. The molecule has 0 fully saturated rings. The Morgan fingerprint density at radius 3 is 1.31 bits per heavy atom. The molecule has 61 heavy (non-hydrogen) atoms. The summed E-state index contributed by atoms with van der Waals surface area (Å²) in [6.45, 7) is 6.33. The van der Waals surface area contributed by atoms with Gasteiger partial charge in [-0.05, 0) is 38.5 Å². The maximum atomic E-state index is 13.2. The van der Waals surface area contributed by atoms with Gasteiger partial charge in [-0.25, -0.2) is 0 Å². The van der Waals surface area contributed by atoms with Crippen LogP contribution in [0.4, 0.5) is 0 Å². The number of rotatable bonds is 47. The number of unbranched alkanes of at least 4 members (excludes halogenated alkanes) is 30. The van der Waals surface area contributed by atoms with E-state index in [1.54, 1.807) is 0 Å². The second kappa shape index (κ2) is 48.8. The van der Waals surface area contributed by atoms with Crippen LogP contribution in [0.3, 0.4) is 0 Å². The van der Waals surface area contributed by atoms with Crippen LogP contribution in [0.5, 0.6) is 0 Å². The fourth-order valence-electron chi connectivity index (χ4n) is 8.04. The molecule has 0 aliphatic carbocycles. The maximum Gasteiger partial charge on any atom is 0.306 e. The number of carbonyl (C=O) groups excluding carboxylic acids is 2. The van der Waals surface area contributed by atoms with E-state index in [1.165, 1.54) is 161 Å². The fraction of sp³-hybridized carbons (Fsp3) is 0.818. The number of carbonyl (C=O) groups is 2. The van der Waals surface area contributed by atoms with E-state index in [4.69, 9.17) is 4.74 Å². The van der Waals surface area contributed by atoms with Gasteiger partial charge in [0.05, 0.1) is 25.2 Å². The maximum absolute atomic E-state index is 13.2. The van der Waals surface area contributed by atoms with Crippen LogP contribution < -0.4 is 5.32 Å². The topological polar surface area (TPSA) is 95.9 Å². The van der Waals surface area contributed by atoms with E-state index < -0.39 is 18.2 Å². The molecule has 0 aromatic heterocycles. The van der Waals surface area contributed by atoms with Gasteiger partial charge < -0.3 is 20.3 Å². The van der Waals surface area contributed by atoms with Gasteiger partial charge >= 0.3 is 5.97 Å². The summed E-state index contributed by atoms with van der Waals surface area (Å²) in [6, 6.07) is -0.720. The van der Waals surface area contributed by atoms with Gasteiger partial charge in [0.15, 0.2) is 0 Å². The monoisotopic (exact) mass is 856 g/mol. The van der Waals surface area contributed by atoms with Crippen LogP contribution in [0.25, 0.3) is 0 Å². The van der Waals surface area contributed by atoms with Crippen molar-refractivity contribution < 1.29 is 24.5 Å². The molecular weight excluding hydrogens is 755 g/mol. The average Bonchev–Trinajstić information content (AvgIpc) is 3.25. The number of esters is 1. The molecule has 0 radical (unpaired) electrons. The van der Waals surface area contributed by atoms with E-state index in [0.29, 0.717) is 19.3 Å². The molecule has 3 N–H and O–H groups in total. The van der Waals surface area contributed by atoms with Gasteiger partial charge in [0.2, 0.25) is 5.91 Å². The zero-order valence-electron chi connectivity index (χ0n) is 40.5. The second-order valence-corrected chi connectivity index (χ2v) is 18.0. The lowest BCUT2D eigenvalue weighted by Crippen LogP contribution is -2.46. The number of hydrogen-bond donors (Lipinski definition) is 3. The van der Waals surface area contributed by atoms with Gasteiger partial charge in [-0.1, -0.05) is 262 Å². The normalized spacial score (nSPS) is 13.6. The largest absolute Gasteiger partial charge is 0.462 e. The minimum Gasteiger partial charge on any atom is -0.462 e. The summed E-state index contributed by atoms with van der Waals surface area (Å²) in [4.78, 5) is 26.1. The van der Waals surface area contributed by atoms with Crippen molar-refractivity contribution in [3.8, 4) is 0 Å². The number of hydrogen-bond acceptors (Lipinski definition) is 5. The van der Waals surface area contributed by atoms with E-state index in [0.717, 1.165) is 57.8 Å². The number of amides is 1. The highest BCUT2D eigenvalue weighted by Crippen LogP contribution is 2.18. The Kier molecular flexibility index (Phi) is 47.1. The van der Waals surface area contributed by atoms with Gasteiger partial charge in [0.1, 0.15) is 6.10 Å². The molecule has 0 heterocycles. The zero-order chi connectivity index (χ0) is 44.5. The summed E-state index contributed by atoms with van der Waals surface area (Å²) in [5.74, 6) is -0.533. The van der Waals surface area contributed by atoms with Crippen molar-refractivity contribution in [2.75, 3.05) is 6.61 Å². The lowest BCUT2D eigenvalue weighted by atomic mass is 10.0. The second-order valence-electron chi connectivity index (χ2n) is 18.0. The van der Waals surface area contributed by atoms with Gasteiger partial charge in [0, 0.05) is 6.42 Å². The van der Waals surface area contributed by atoms with Crippen LogP contribution in [-0.4, -0.2) is 46.9 Å². The number of aliphatic hydroxyl groups is 2. The molecule has 0 aromatic rings. The molecule has 356 valence electrons. The van der Waals surface area contributed by atoms with Gasteiger partial charge in [-0.3, -0.25) is 9.59 Å². The fourth-order valence-corrected chi connectivity index (χ4v) is 8.04. The highest BCUT2D eigenvalue weighted by Gasteiger charge is 2.24. The van der Waals surface area contributed by atoms with E-state index in [1.807, 2.05) is 36.5 Å². The summed E-state index contributed by atoms with van der Waals surface area (Å²) in [7, 11) is 0. The van der Waals surface area contributed by atoms with E-state index in [9.17, 15) is 19.8 Å².